The average molecular weight is 140 g/mol. The van der Waals surface area contributed by atoms with Crippen molar-refractivity contribution in [1.29, 1.82) is 0 Å². The van der Waals surface area contributed by atoms with Crippen LogP contribution in [0.4, 0.5) is 0 Å². The highest BCUT2D eigenvalue weighted by atomic mass is 16.3. The van der Waals surface area contributed by atoms with Crippen molar-refractivity contribution in [1.82, 2.24) is 0 Å². The topological polar surface area (TPSA) is 20.2 Å². The number of hydrogen-bond acceptors (Lipinski definition) is 1. The monoisotopic (exact) mass is 140 g/mol. The molecule has 0 radical (unpaired) electrons. The summed E-state index contributed by atoms with van der Waals surface area (Å²) in [7, 11) is 0. The Labute approximate surface area is 62.4 Å². The minimum absolute atomic E-state index is 0.210. The number of fused-ring (bicyclic) bond motifs is 1. The van der Waals surface area contributed by atoms with Gasteiger partial charge in [-0.1, -0.05) is 19.3 Å². The maximum absolute atomic E-state index is 10.0. The van der Waals surface area contributed by atoms with Crippen molar-refractivity contribution in [3.05, 3.63) is 0 Å². The van der Waals surface area contributed by atoms with E-state index in [0.717, 1.165) is 12.8 Å². The summed E-state index contributed by atoms with van der Waals surface area (Å²) in [5, 5.41) is 10.0. The highest BCUT2D eigenvalue weighted by molar-refractivity contribution is 4.94. The Hall–Kier alpha value is -0.0400. The van der Waals surface area contributed by atoms with Gasteiger partial charge in [0.2, 0.25) is 0 Å². The van der Waals surface area contributed by atoms with Crippen LogP contribution in [-0.2, 0) is 0 Å². The van der Waals surface area contributed by atoms with Crippen molar-refractivity contribution in [3.8, 4) is 0 Å². The molecule has 0 saturated heterocycles. The van der Waals surface area contributed by atoms with Gasteiger partial charge in [-0.05, 0) is 31.6 Å². The number of hydrogen-bond donors (Lipinski definition) is 1. The van der Waals surface area contributed by atoms with Crippen LogP contribution in [0.2, 0.25) is 0 Å². The van der Waals surface area contributed by atoms with Gasteiger partial charge in [-0.3, -0.25) is 0 Å². The molecular formula is C9H16O. The highest BCUT2D eigenvalue weighted by Crippen LogP contribution is 2.45. The summed E-state index contributed by atoms with van der Waals surface area (Å²) in [5.41, 5.74) is -0.210. The molecular weight excluding hydrogens is 124 g/mol. The Kier molecular flexibility index (Phi) is 1.48. The van der Waals surface area contributed by atoms with Gasteiger partial charge in [-0.15, -0.1) is 0 Å². The lowest BCUT2D eigenvalue weighted by Gasteiger charge is -2.34. The van der Waals surface area contributed by atoms with Crippen LogP contribution < -0.4 is 0 Å². The third-order valence-corrected chi connectivity index (χ3v) is 3.33. The molecule has 2 fully saturated rings. The van der Waals surface area contributed by atoms with E-state index in [9.17, 15) is 5.11 Å². The molecule has 0 aromatic heterocycles. The smallest absolute Gasteiger partial charge is 0.0675 e. The highest BCUT2D eigenvalue weighted by Gasteiger charge is 2.41. The lowest BCUT2D eigenvalue weighted by atomic mass is 9.78. The van der Waals surface area contributed by atoms with Crippen LogP contribution in [0.1, 0.15) is 44.9 Å². The first-order chi connectivity index (χ1) is 4.81. The van der Waals surface area contributed by atoms with Crippen molar-refractivity contribution in [2.24, 2.45) is 5.92 Å². The Bertz CT molecular complexity index is 133. The molecule has 0 aliphatic heterocycles. The summed E-state index contributed by atoms with van der Waals surface area (Å²) >= 11 is 0. The Balaban J connectivity index is 2.10. The van der Waals surface area contributed by atoms with Gasteiger partial charge in [0.05, 0.1) is 5.60 Å². The summed E-state index contributed by atoms with van der Waals surface area (Å²) in [6, 6.07) is 0. The van der Waals surface area contributed by atoms with Gasteiger partial charge in [0.15, 0.2) is 0 Å². The molecule has 2 atom stereocenters. The lowest BCUT2D eigenvalue weighted by molar-refractivity contribution is -0.0269. The molecule has 1 nitrogen and oxygen atoms in total. The molecule has 0 bridgehead atoms. The summed E-state index contributed by atoms with van der Waals surface area (Å²) in [6.07, 6.45) is 8.61. The molecule has 0 aromatic rings. The van der Waals surface area contributed by atoms with Crippen LogP contribution in [-0.4, -0.2) is 10.7 Å². The van der Waals surface area contributed by atoms with E-state index in [4.69, 9.17) is 0 Å². The van der Waals surface area contributed by atoms with E-state index in [2.05, 4.69) is 0 Å². The third-order valence-electron chi connectivity index (χ3n) is 3.33. The van der Waals surface area contributed by atoms with E-state index in [1.165, 1.54) is 32.1 Å². The fraction of sp³-hybridized carbons (Fsp3) is 1.00. The van der Waals surface area contributed by atoms with Crippen LogP contribution in [0.3, 0.4) is 0 Å². The summed E-state index contributed by atoms with van der Waals surface area (Å²) in [5.74, 6) is 0.668. The van der Waals surface area contributed by atoms with E-state index in [1.807, 2.05) is 0 Å². The first-order valence-electron chi connectivity index (χ1n) is 4.54. The second-order valence-corrected chi connectivity index (χ2v) is 3.94. The zero-order valence-corrected chi connectivity index (χ0v) is 6.47. The maximum Gasteiger partial charge on any atom is 0.0675 e. The second-order valence-electron chi connectivity index (χ2n) is 3.94. The van der Waals surface area contributed by atoms with Crippen LogP contribution in [0.15, 0.2) is 0 Å². The Morgan fingerprint density at radius 2 is 1.70 bits per heavy atom. The van der Waals surface area contributed by atoms with Crippen molar-refractivity contribution >= 4 is 0 Å². The summed E-state index contributed by atoms with van der Waals surface area (Å²) in [6.45, 7) is 0. The van der Waals surface area contributed by atoms with E-state index >= 15 is 0 Å². The molecule has 0 aromatic carbocycles. The average Bonchev–Trinajstić information content (AvgIpc) is 2.29. The zero-order chi connectivity index (χ0) is 7.03. The number of aliphatic hydroxyl groups is 1. The van der Waals surface area contributed by atoms with Gasteiger partial charge in [0, 0.05) is 0 Å². The van der Waals surface area contributed by atoms with Gasteiger partial charge in [-0.25, -0.2) is 0 Å². The van der Waals surface area contributed by atoms with Crippen molar-refractivity contribution in [3.63, 3.8) is 0 Å². The van der Waals surface area contributed by atoms with Gasteiger partial charge in [-0.2, -0.15) is 0 Å². The minimum Gasteiger partial charge on any atom is -0.390 e. The quantitative estimate of drug-likeness (QED) is 0.546. The third kappa shape index (κ3) is 0.878. The van der Waals surface area contributed by atoms with E-state index in [1.54, 1.807) is 0 Å². The fourth-order valence-electron chi connectivity index (χ4n) is 2.69. The minimum atomic E-state index is -0.210. The van der Waals surface area contributed by atoms with Crippen molar-refractivity contribution in [2.75, 3.05) is 0 Å². The van der Waals surface area contributed by atoms with Gasteiger partial charge >= 0.3 is 0 Å². The zero-order valence-electron chi connectivity index (χ0n) is 6.47. The molecule has 0 unspecified atom stereocenters. The predicted molar refractivity (Wildman–Crippen MR) is 40.8 cm³/mol. The van der Waals surface area contributed by atoms with Crippen LogP contribution in [0, 0.1) is 5.92 Å². The molecule has 2 aliphatic carbocycles. The van der Waals surface area contributed by atoms with Gasteiger partial charge < -0.3 is 5.11 Å². The predicted octanol–water partition coefficient (Wildman–Crippen LogP) is 2.09. The SMILES string of the molecule is O[C@]12CCCC[C@@H]1CCC2. The summed E-state index contributed by atoms with van der Waals surface area (Å²) in [4.78, 5) is 0. The van der Waals surface area contributed by atoms with Crippen molar-refractivity contribution < 1.29 is 5.11 Å². The molecule has 0 heterocycles. The molecule has 1 heteroatoms. The van der Waals surface area contributed by atoms with E-state index in [0.29, 0.717) is 5.92 Å². The number of rotatable bonds is 0. The first kappa shape index (κ1) is 6.66. The Morgan fingerprint density at radius 1 is 1.00 bits per heavy atom. The maximum atomic E-state index is 10.0. The summed E-state index contributed by atoms with van der Waals surface area (Å²) < 4.78 is 0. The van der Waals surface area contributed by atoms with Gasteiger partial charge in [0.25, 0.3) is 0 Å². The molecule has 2 saturated carbocycles. The van der Waals surface area contributed by atoms with E-state index in [-0.39, 0.29) is 5.60 Å². The Morgan fingerprint density at radius 3 is 2.50 bits per heavy atom. The largest absolute Gasteiger partial charge is 0.390 e. The molecule has 2 aliphatic rings. The standard InChI is InChI=1S/C9H16O/c10-9-6-2-1-4-8(9)5-3-7-9/h8,10H,1-7H2/t8-,9+/m1/s1. The molecule has 58 valence electrons. The van der Waals surface area contributed by atoms with Gasteiger partial charge in [0.1, 0.15) is 0 Å². The fourth-order valence-corrected chi connectivity index (χ4v) is 2.69. The van der Waals surface area contributed by atoms with Crippen molar-refractivity contribution in [2.45, 2.75) is 50.5 Å². The normalized spacial score (nSPS) is 47.1. The molecule has 0 amide bonds. The molecule has 1 N–H and O–H groups in total. The first-order valence-corrected chi connectivity index (χ1v) is 4.54. The molecule has 2 rings (SSSR count). The van der Waals surface area contributed by atoms with E-state index < -0.39 is 0 Å². The van der Waals surface area contributed by atoms with Crippen LogP contribution in [0.5, 0.6) is 0 Å². The van der Waals surface area contributed by atoms with Crippen LogP contribution >= 0.6 is 0 Å². The molecule has 10 heavy (non-hydrogen) atoms. The second kappa shape index (κ2) is 2.23. The lowest BCUT2D eigenvalue weighted by Crippen LogP contribution is -2.35. The molecule has 0 spiro atoms. The van der Waals surface area contributed by atoms with Crippen LogP contribution in [0.25, 0.3) is 0 Å².